The van der Waals surface area contributed by atoms with E-state index in [9.17, 15) is 14.7 Å². The van der Waals surface area contributed by atoms with Gasteiger partial charge in [-0.25, -0.2) is 10.1 Å². The number of phenols is 1. The normalized spacial score (nSPS) is 11.4. The first-order valence-corrected chi connectivity index (χ1v) is 8.10. The Balaban J connectivity index is 1.95. The molecular weight excluding hydrogens is 348 g/mol. The summed E-state index contributed by atoms with van der Waals surface area (Å²) in [6.45, 7) is 1.64. The van der Waals surface area contributed by atoms with Crippen LogP contribution >= 0.6 is 0 Å². The molecule has 0 aliphatic heterocycles. The molecule has 0 bridgehead atoms. The van der Waals surface area contributed by atoms with Crippen molar-refractivity contribution >= 4 is 22.4 Å². The lowest BCUT2D eigenvalue weighted by Gasteiger charge is -2.09. The first-order valence-electron chi connectivity index (χ1n) is 8.10. The fourth-order valence-electron chi connectivity index (χ4n) is 2.65. The lowest BCUT2D eigenvalue weighted by molar-refractivity contribution is 0.0949. The average molecular weight is 366 g/mol. The molecule has 138 valence electrons. The molecule has 1 amide bonds. The third-order valence-corrected chi connectivity index (χ3v) is 4.09. The number of hydrazone groups is 1. The molecule has 1 aromatic heterocycles. The molecule has 0 radical (unpaired) electrons. The maximum absolute atomic E-state index is 12.6. The number of nitrogens with zero attached hydrogens (tertiary/aromatic N) is 3. The van der Waals surface area contributed by atoms with Gasteiger partial charge in [0.15, 0.2) is 5.69 Å². The molecule has 0 spiro atoms. The van der Waals surface area contributed by atoms with Crippen LogP contribution in [0, 0.1) is 0 Å². The number of fused-ring (bicyclic) bond motifs is 1. The van der Waals surface area contributed by atoms with E-state index in [-0.39, 0.29) is 17.0 Å². The zero-order chi connectivity index (χ0) is 19.6. The van der Waals surface area contributed by atoms with Crippen molar-refractivity contribution in [2.75, 3.05) is 7.11 Å². The van der Waals surface area contributed by atoms with E-state index in [1.807, 2.05) is 0 Å². The standard InChI is InChI=1S/C19H18N4O4/c1-11(15-10-12(27-3)8-9-16(15)24)20-21-18(25)17-13-6-4-5-7-14(13)19(26)23(2)22-17/h4-10,24H,1-3H3,(H,21,25)/b20-11+. The molecule has 0 unspecified atom stereocenters. The van der Waals surface area contributed by atoms with Crippen molar-refractivity contribution in [3.05, 3.63) is 64.1 Å². The van der Waals surface area contributed by atoms with Crippen molar-refractivity contribution in [1.82, 2.24) is 15.2 Å². The van der Waals surface area contributed by atoms with E-state index in [0.717, 1.165) is 4.68 Å². The Morgan fingerprint density at radius 2 is 1.93 bits per heavy atom. The van der Waals surface area contributed by atoms with E-state index in [2.05, 4.69) is 15.6 Å². The summed E-state index contributed by atoms with van der Waals surface area (Å²) in [5.74, 6) is -0.00471. The van der Waals surface area contributed by atoms with Gasteiger partial charge in [-0.2, -0.15) is 10.2 Å². The Morgan fingerprint density at radius 1 is 1.22 bits per heavy atom. The van der Waals surface area contributed by atoms with Crippen LogP contribution in [-0.2, 0) is 7.05 Å². The predicted molar refractivity (Wildman–Crippen MR) is 101 cm³/mol. The van der Waals surface area contributed by atoms with Crippen LogP contribution in [-0.4, -0.2) is 33.6 Å². The fraction of sp³-hybridized carbons (Fsp3) is 0.158. The number of carbonyl (C=O) groups is 1. The summed E-state index contributed by atoms with van der Waals surface area (Å²) >= 11 is 0. The maximum atomic E-state index is 12.6. The third-order valence-electron chi connectivity index (χ3n) is 4.09. The van der Waals surface area contributed by atoms with E-state index in [1.54, 1.807) is 43.3 Å². The van der Waals surface area contributed by atoms with E-state index in [0.29, 0.717) is 27.8 Å². The number of rotatable bonds is 4. The Bertz CT molecular complexity index is 1120. The van der Waals surface area contributed by atoms with E-state index >= 15 is 0 Å². The van der Waals surface area contributed by atoms with Gasteiger partial charge < -0.3 is 9.84 Å². The van der Waals surface area contributed by atoms with Gasteiger partial charge in [-0.05, 0) is 31.2 Å². The second-order valence-corrected chi connectivity index (χ2v) is 5.84. The van der Waals surface area contributed by atoms with Crippen LogP contribution in [0.5, 0.6) is 11.5 Å². The first-order chi connectivity index (χ1) is 12.9. The number of carbonyl (C=O) groups excluding carboxylic acids is 1. The van der Waals surface area contributed by atoms with Gasteiger partial charge in [0, 0.05) is 18.0 Å². The number of phenolic OH excluding ortho intramolecular Hbond substituents is 1. The topological polar surface area (TPSA) is 106 Å². The first kappa shape index (κ1) is 18.1. The number of methoxy groups -OCH3 is 1. The van der Waals surface area contributed by atoms with E-state index in [4.69, 9.17) is 4.74 Å². The Morgan fingerprint density at radius 3 is 2.63 bits per heavy atom. The molecule has 2 aromatic carbocycles. The fourth-order valence-corrected chi connectivity index (χ4v) is 2.65. The summed E-state index contributed by atoms with van der Waals surface area (Å²) in [6.07, 6.45) is 0. The van der Waals surface area contributed by atoms with E-state index in [1.165, 1.54) is 20.2 Å². The number of aromatic nitrogens is 2. The summed E-state index contributed by atoms with van der Waals surface area (Å²) in [4.78, 5) is 24.7. The monoisotopic (exact) mass is 366 g/mol. The van der Waals surface area contributed by atoms with Gasteiger partial charge >= 0.3 is 0 Å². The van der Waals surface area contributed by atoms with Crippen molar-refractivity contribution in [2.45, 2.75) is 6.92 Å². The molecule has 27 heavy (non-hydrogen) atoms. The molecule has 2 N–H and O–H groups in total. The highest BCUT2D eigenvalue weighted by atomic mass is 16.5. The molecule has 1 heterocycles. The minimum absolute atomic E-state index is 0.0111. The van der Waals surface area contributed by atoms with Gasteiger partial charge in [0.25, 0.3) is 11.5 Å². The molecule has 0 fully saturated rings. The van der Waals surface area contributed by atoms with Crippen LogP contribution in [0.25, 0.3) is 10.8 Å². The quantitative estimate of drug-likeness (QED) is 0.541. The highest BCUT2D eigenvalue weighted by Crippen LogP contribution is 2.23. The average Bonchev–Trinajstić information content (AvgIpc) is 2.69. The summed E-state index contributed by atoms with van der Waals surface area (Å²) in [5.41, 5.74) is 3.02. The summed E-state index contributed by atoms with van der Waals surface area (Å²) in [5, 5.41) is 18.9. The number of aromatic hydroxyl groups is 1. The van der Waals surface area contributed by atoms with Crippen LogP contribution in [0.15, 0.2) is 52.4 Å². The summed E-state index contributed by atoms with van der Waals surface area (Å²) in [7, 11) is 3.00. The number of benzene rings is 2. The van der Waals surface area contributed by atoms with Gasteiger partial charge in [-0.1, -0.05) is 18.2 Å². The van der Waals surface area contributed by atoms with Gasteiger partial charge in [-0.15, -0.1) is 0 Å². The van der Waals surface area contributed by atoms with Gasteiger partial charge in [0.05, 0.1) is 18.2 Å². The van der Waals surface area contributed by atoms with E-state index < -0.39 is 5.91 Å². The summed E-state index contributed by atoms with van der Waals surface area (Å²) < 4.78 is 6.24. The highest BCUT2D eigenvalue weighted by Gasteiger charge is 2.15. The van der Waals surface area contributed by atoms with Crippen LogP contribution in [0.1, 0.15) is 23.0 Å². The molecule has 0 atom stereocenters. The molecule has 3 rings (SSSR count). The smallest absolute Gasteiger partial charge is 0.292 e. The van der Waals surface area contributed by atoms with Crippen molar-refractivity contribution < 1.29 is 14.6 Å². The number of nitrogens with one attached hydrogen (secondary N) is 1. The second-order valence-electron chi connectivity index (χ2n) is 5.84. The van der Waals surface area contributed by atoms with Crippen molar-refractivity contribution in [1.29, 1.82) is 0 Å². The lowest BCUT2D eigenvalue weighted by atomic mass is 10.1. The Kier molecular flexibility index (Phi) is 4.89. The van der Waals surface area contributed by atoms with Crippen LogP contribution in [0.4, 0.5) is 0 Å². The van der Waals surface area contributed by atoms with Gasteiger partial charge in [-0.3, -0.25) is 9.59 Å². The Hall–Kier alpha value is -3.68. The minimum atomic E-state index is -0.566. The lowest BCUT2D eigenvalue weighted by Crippen LogP contribution is -2.27. The number of amides is 1. The molecule has 8 heteroatoms. The second kappa shape index (κ2) is 7.28. The van der Waals surface area contributed by atoms with Crippen molar-refractivity contribution in [3.63, 3.8) is 0 Å². The SMILES string of the molecule is COc1ccc(O)c(/C(C)=N/NC(=O)c2nn(C)c(=O)c3ccccc23)c1. The van der Waals surface area contributed by atoms with Crippen LogP contribution < -0.4 is 15.7 Å². The molecule has 3 aromatic rings. The largest absolute Gasteiger partial charge is 0.507 e. The van der Waals surface area contributed by atoms with Crippen LogP contribution in [0.2, 0.25) is 0 Å². The number of aryl methyl sites for hydroxylation is 1. The number of hydrogen-bond donors (Lipinski definition) is 2. The number of hydrogen-bond acceptors (Lipinski definition) is 6. The molecule has 8 nitrogen and oxygen atoms in total. The highest BCUT2D eigenvalue weighted by molar-refractivity contribution is 6.06. The predicted octanol–water partition coefficient (Wildman–Crippen LogP) is 1.80. The number of ether oxygens (including phenoxy) is 1. The van der Waals surface area contributed by atoms with Crippen LogP contribution in [0.3, 0.4) is 0 Å². The van der Waals surface area contributed by atoms with Crippen molar-refractivity contribution in [2.24, 2.45) is 12.1 Å². The Labute approximate surface area is 154 Å². The summed E-state index contributed by atoms with van der Waals surface area (Å²) in [6, 6.07) is 11.5. The van der Waals surface area contributed by atoms with Gasteiger partial charge in [0.2, 0.25) is 0 Å². The third kappa shape index (κ3) is 3.50. The molecular formula is C19H18N4O4. The molecule has 0 saturated heterocycles. The maximum Gasteiger partial charge on any atom is 0.292 e. The molecule has 0 aliphatic carbocycles. The van der Waals surface area contributed by atoms with Gasteiger partial charge in [0.1, 0.15) is 11.5 Å². The zero-order valence-electron chi connectivity index (χ0n) is 15.1. The molecule has 0 saturated carbocycles. The minimum Gasteiger partial charge on any atom is -0.507 e. The molecule has 0 aliphatic rings. The van der Waals surface area contributed by atoms with Crippen molar-refractivity contribution in [3.8, 4) is 11.5 Å². The zero-order valence-corrected chi connectivity index (χ0v) is 15.1.